The van der Waals surface area contributed by atoms with Crippen LogP contribution < -0.4 is 10.6 Å². The van der Waals surface area contributed by atoms with Gasteiger partial charge >= 0.3 is 0 Å². The summed E-state index contributed by atoms with van der Waals surface area (Å²) in [6.45, 7) is 8.16. The Morgan fingerprint density at radius 1 is 1.43 bits per heavy atom. The number of hydrogen-bond donors (Lipinski definition) is 2. The van der Waals surface area contributed by atoms with Gasteiger partial charge in [0.15, 0.2) is 0 Å². The number of amides is 1. The lowest BCUT2D eigenvalue weighted by Gasteiger charge is -2.26. The van der Waals surface area contributed by atoms with Gasteiger partial charge in [-0.05, 0) is 19.9 Å². The highest BCUT2D eigenvalue weighted by Gasteiger charge is 2.09. The van der Waals surface area contributed by atoms with E-state index >= 15 is 0 Å². The summed E-state index contributed by atoms with van der Waals surface area (Å²) >= 11 is 0. The van der Waals surface area contributed by atoms with Gasteiger partial charge in [0.05, 0.1) is 0 Å². The highest BCUT2D eigenvalue weighted by molar-refractivity contribution is 5.75. The lowest BCUT2D eigenvalue weighted by molar-refractivity contribution is -0.121. The standard InChI is InChI=1S/C10H21N3O/c1-2-12-10(14)4-3-7-13-8-5-11-6-9-13/h11H,2-9H2,1H3,(H,12,14). The van der Waals surface area contributed by atoms with Crippen molar-refractivity contribution in [1.29, 1.82) is 0 Å². The van der Waals surface area contributed by atoms with E-state index in [1.165, 1.54) is 0 Å². The molecule has 2 N–H and O–H groups in total. The third-order valence-corrected chi connectivity index (χ3v) is 2.46. The van der Waals surface area contributed by atoms with Crippen molar-refractivity contribution in [1.82, 2.24) is 15.5 Å². The van der Waals surface area contributed by atoms with Crippen molar-refractivity contribution in [3.63, 3.8) is 0 Å². The second kappa shape index (κ2) is 6.79. The molecule has 0 aromatic carbocycles. The van der Waals surface area contributed by atoms with Crippen LogP contribution in [0.15, 0.2) is 0 Å². The van der Waals surface area contributed by atoms with Crippen LogP contribution in [0.5, 0.6) is 0 Å². The first kappa shape index (κ1) is 11.5. The van der Waals surface area contributed by atoms with Crippen LogP contribution in [0.4, 0.5) is 0 Å². The van der Waals surface area contributed by atoms with E-state index in [4.69, 9.17) is 0 Å². The predicted molar refractivity (Wildman–Crippen MR) is 57.2 cm³/mol. The summed E-state index contributed by atoms with van der Waals surface area (Å²) in [7, 11) is 0. The van der Waals surface area contributed by atoms with Crippen LogP contribution in [0.3, 0.4) is 0 Å². The largest absolute Gasteiger partial charge is 0.356 e. The number of nitrogens with zero attached hydrogens (tertiary/aromatic N) is 1. The van der Waals surface area contributed by atoms with Gasteiger partial charge in [0, 0.05) is 39.1 Å². The Hall–Kier alpha value is -0.610. The molecule has 1 saturated heterocycles. The quantitative estimate of drug-likeness (QED) is 0.645. The van der Waals surface area contributed by atoms with Crippen molar-refractivity contribution >= 4 is 5.91 Å². The van der Waals surface area contributed by atoms with Crippen LogP contribution >= 0.6 is 0 Å². The molecule has 0 unspecified atom stereocenters. The summed E-state index contributed by atoms with van der Waals surface area (Å²) in [6, 6.07) is 0. The molecular formula is C10H21N3O. The molecule has 1 rings (SSSR count). The van der Waals surface area contributed by atoms with Crippen LogP contribution in [-0.4, -0.2) is 50.1 Å². The Bertz CT molecular complexity index is 167. The molecule has 0 aliphatic carbocycles. The average Bonchev–Trinajstić information content (AvgIpc) is 2.20. The van der Waals surface area contributed by atoms with Gasteiger partial charge in [0.2, 0.25) is 5.91 Å². The van der Waals surface area contributed by atoms with Crippen molar-refractivity contribution in [2.75, 3.05) is 39.3 Å². The molecule has 0 bridgehead atoms. The fourth-order valence-electron chi connectivity index (χ4n) is 1.68. The minimum atomic E-state index is 0.183. The summed E-state index contributed by atoms with van der Waals surface area (Å²) in [5, 5.41) is 6.13. The van der Waals surface area contributed by atoms with E-state index in [1.54, 1.807) is 0 Å². The summed E-state index contributed by atoms with van der Waals surface area (Å²) in [6.07, 6.45) is 1.64. The summed E-state index contributed by atoms with van der Waals surface area (Å²) in [4.78, 5) is 13.6. The maximum atomic E-state index is 11.1. The second-order valence-electron chi connectivity index (χ2n) is 3.65. The van der Waals surface area contributed by atoms with Gasteiger partial charge in [0.25, 0.3) is 0 Å². The maximum Gasteiger partial charge on any atom is 0.220 e. The van der Waals surface area contributed by atoms with Crippen molar-refractivity contribution in [3.05, 3.63) is 0 Å². The van der Waals surface area contributed by atoms with E-state index in [2.05, 4.69) is 15.5 Å². The first-order chi connectivity index (χ1) is 6.83. The third kappa shape index (κ3) is 4.58. The summed E-state index contributed by atoms with van der Waals surface area (Å²) in [5.74, 6) is 0.183. The van der Waals surface area contributed by atoms with Crippen molar-refractivity contribution < 1.29 is 4.79 Å². The van der Waals surface area contributed by atoms with E-state index in [0.29, 0.717) is 6.42 Å². The lowest BCUT2D eigenvalue weighted by atomic mass is 10.2. The zero-order valence-electron chi connectivity index (χ0n) is 9.01. The molecule has 1 amide bonds. The van der Waals surface area contributed by atoms with Gasteiger partial charge in [-0.1, -0.05) is 0 Å². The van der Waals surface area contributed by atoms with Gasteiger partial charge < -0.3 is 15.5 Å². The molecule has 1 heterocycles. The first-order valence-electron chi connectivity index (χ1n) is 5.52. The molecule has 1 aliphatic rings. The molecule has 82 valence electrons. The number of carbonyl (C=O) groups is 1. The SMILES string of the molecule is CCNC(=O)CCCN1CCNCC1. The molecule has 0 radical (unpaired) electrons. The first-order valence-corrected chi connectivity index (χ1v) is 5.52. The van der Waals surface area contributed by atoms with Crippen LogP contribution in [0, 0.1) is 0 Å². The van der Waals surface area contributed by atoms with E-state index in [9.17, 15) is 4.79 Å². The fraction of sp³-hybridized carbons (Fsp3) is 0.900. The van der Waals surface area contributed by atoms with E-state index in [-0.39, 0.29) is 5.91 Å². The zero-order chi connectivity index (χ0) is 10.2. The molecule has 0 spiro atoms. The van der Waals surface area contributed by atoms with Gasteiger partial charge in [-0.25, -0.2) is 0 Å². The van der Waals surface area contributed by atoms with E-state index in [1.807, 2.05) is 6.92 Å². The minimum Gasteiger partial charge on any atom is -0.356 e. The third-order valence-electron chi connectivity index (χ3n) is 2.46. The Morgan fingerprint density at radius 3 is 2.79 bits per heavy atom. The van der Waals surface area contributed by atoms with Crippen LogP contribution in [0.1, 0.15) is 19.8 Å². The molecule has 14 heavy (non-hydrogen) atoms. The predicted octanol–water partition coefficient (Wildman–Crippen LogP) is -0.192. The number of carbonyl (C=O) groups excluding carboxylic acids is 1. The average molecular weight is 199 g/mol. The molecule has 0 aromatic heterocycles. The summed E-state index contributed by atoms with van der Waals surface area (Å²) in [5.41, 5.74) is 0. The Morgan fingerprint density at radius 2 is 2.14 bits per heavy atom. The van der Waals surface area contributed by atoms with Crippen molar-refractivity contribution in [2.24, 2.45) is 0 Å². The van der Waals surface area contributed by atoms with Crippen molar-refractivity contribution in [2.45, 2.75) is 19.8 Å². The van der Waals surface area contributed by atoms with Gasteiger partial charge in [-0.2, -0.15) is 0 Å². The maximum absolute atomic E-state index is 11.1. The molecule has 4 heteroatoms. The fourth-order valence-corrected chi connectivity index (χ4v) is 1.68. The van der Waals surface area contributed by atoms with Crippen LogP contribution in [0.2, 0.25) is 0 Å². The lowest BCUT2D eigenvalue weighted by Crippen LogP contribution is -2.43. The van der Waals surface area contributed by atoms with E-state index < -0.39 is 0 Å². The zero-order valence-corrected chi connectivity index (χ0v) is 9.01. The van der Waals surface area contributed by atoms with Crippen LogP contribution in [-0.2, 0) is 4.79 Å². The number of nitrogens with one attached hydrogen (secondary N) is 2. The molecule has 0 aromatic rings. The van der Waals surface area contributed by atoms with Gasteiger partial charge in [0.1, 0.15) is 0 Å². The van der Waals surface area contributed by atoms with E-state index in [0.717, 1.165) is 45.7 Å². The Balaban J connectivity index is 1.99. The molecule has 1 aliphatic heterocycles. The molecule has 1 fully saturated rings. The number of hydrogen-bond acceptors (Lipinski definition) is 3. The Labute approximate surface area is 86.0 Å². The van der Waals surface area contributed by atoms with Crippen molar-refractivity contribution in [3.8, 4) is 0 Å². The number of piperazine rings is 1. The molecule has 0 saturated carbocycles. The smallest absolute Gasteiger partial charge is 0.220 e. The monoisotopic (exact) mass is 199 g/mol. The highest BCUT2D eigenvalue weighted by Crippen LogP contribution is 1.97. The van der Waals surface area contributed by atoms with Gasteiger partial charge in [-0.3, -0.25) is 4.79 Å². The van der Waals surface area contributed by atoms with Gasteiger partial charge in [-0.15, -0.1) is 0 Å². The number of rotatable bonds is 5. The molecule has 4 nitrogen and oxygen atoms in total. The normalized spacial score (nSPS) is 18.1. The molecule has 0 atom stereocenters. The van der Waals surface area contributed by atoms with Crippen LogP contribution in [0.25, 0.3) is 0 Å². The second-order valence-corrected chi connectivity index (χ2v) is 3.65. The summed E-state index contributed by atoms with van der Waals surface area (Å²) < 4.78 is 0. The minimum absolute atomic E-state index is 0.183. The highest BCUT2D eigenvalue weighted by atomic mass is 16.1. The Kier molecular flexibility index (Phi) is 5.56. The topological polar surface area (TPSA) is 44.4 Å². The molecular weight excluding hydrogens is 178 g/mol.